The second-order valence-electron chi connectivity index (χ2n) is 5.63. The number of carbonyl (C=O) groups excluding carboxylic acids is 1. The molecule has 2 aromatic carbocycles. The lowest BCUT2D eigenvalue weighted by atomic mass is 10.1. The van der Waals surface area contributed by atoms with Gasteiger partial charge in [-0.05, 0) is 65.7 Å². The van der Waals surface area contributed by atoms with Crippen LogP contribution in [0.4, 0.5) is 10.1 Å². The van der Waals surface area contributed by atoms with E-state index in [1.165, 1.54) is 29.0 Å². The normalized spacial score (nSPS) is 11.1. The molecule has 0 aliphatic heterocycles. The number of rotatable bonds is 4. The first kappa shape index (κ1) is 17.8. The molecule has 0 aliphatic rings. The van der Waals surface area contributed by atoms with Crippen LogP contribution in [0.5, 0.6) is 0 Å². The summed E-state index contributed by atoms with van der Waals surface area (Å²) in [5.41, 5.74) is 2.30. The van der Waals surface area contributed by atoms with E-state index < -0.39 is 11.7 Å². The van der Waals surface area contributed by atoms with Crippen molar-refractivity contribution in [3.8, 4) is 5.69 Å². The number of aromatic nitrogens is 4. The molecule has 0 saturated heterocycles. The molecule has 3 rings (SSSR count). The van der Waals surface area contributed by atoms with Gasteiger partial charge in [-0.15, -0.1) is 5.10 Å². The van der Waals surface area contributed by atoms with Gasteiger partial charge in [0, 0.05) is 11.1 Å². The van der Waals surface area contributed by atoms with Gasteiger partial charge in [0.25, 0.3) is 0 Å². The molecule has 3 aromatic rings. The Morgan fingerprint density at radius 1 is 1.23 bits per heavy atom. The van der Waals surface area contributed by atoms with E-state index in [2.05, 4.69) is 20.8 Å². The average Bonchev–Trinajstić information content (AvgIpc) is 3.04. The van der Waals surface area contributed by atoms with Crippen molar-refractivity contribution in [2.45, 2.75) is 13.8 Å². The highest BCUT2D eigenvalue weighted by molar-refractivity contribution is 6.31. The number of amides is 1. The van der Waals surface area contributed by atoms with Crippen LogP contribution in [0.1, 0.15) is 17.0 Å². The fourth-order valence-corrected chi connectivity index (χ4v) is 2.46. The monoisotopic (exact) mass is 371 g/mol. The second kappa shape index (κ2) is 7.45. The number of aryl methyl sites for hydroxylation is 2. The van der Waals surface area contributed by atoms with Crippen LogP contribution in [0.15, 0.2) is 42.5 Å². The van der Waals surface area contributed by atoms with Crippen molar-refractivity contribution in [1.29, 1.82) is 0 Å². The van der Waals surface area contributed by atoms with Gasteiger partial charge < -0.3 is 5.32 Å². The number of carbonyl (C=O) groups is 1. The molecular weight excluding hydrogens is 357 g/mol. The van der Waals surface area contributed by atoms with E-state index in [9.17, 15) is 9.18 Å². The number of benzene rings is 2. The van der Waals surface area contributed by atoms with E-state index in [4.69, 9.17) is 11.6 Å². The number of tetrazole rings is 1. The van der Waals surface area contributed by atoms with E-state index in [1.54, 1.807) is 19.1 Å². The van der Waals surface area contributed by atoms with Gasteiger partial charge in [-0.3, -0.25) is 4.79 Å². The molecule has 0 radical (unpaired) electrons. The smallest absolute Gasteiger partial charge is 0.248 e. The Kier molecular flexibility index (Phi) is 5.09. The number of nitrogens with zero attached hydrogens (tertiary/aromatic N) is 4. The summed E-state index contributed by atoms with van der Waals surface area (Å²) in [5, 5.41) is 14.3. The van der Waals surface area contributed by atoms with Crippen LogP contribution >= 0.6 is 11.6 Å². The highest BCUT2D eigenvalue weighted by atomic mass is 35.5. The molecule has 26 heavy (non-hydrogen) atoms. The highest BCUT2D eigenvalue weighted by Crippen LogP contribution is 2.20. The number of hydrogen-bond acceptors (Lipinski definition) is 4. The van der Waals surface area contributed by atoms with Crippen molar-refractivity contribution < 1.29 is 9.18 Å². The van der Waals surface area contributed by atoms with Crippen molar-refractivity contribution in [3.63, 3.8) is 0 Å². The summed E-state index contributed by atoms with van der Waals surface area (Å²) in [4.78, 5) is 12.1. The van der Waals surface area contributed by atoms with E-state index in [-0.39, 0.29) is 5.69 Å². The third-order valence-corrected chi connectivity index (χ3v) is 4.11. The van der Waals surface area contributed by atoms with Crippen LogP contribution in [0, 0.1) is 19.7 Å². The van der Waals surface area contributed by atoms with Crippen molar-refractivity contribution in [2.24, 2.45) is 0 Å². The molecule has 0 spiro atoms. The van der Waals surface area contributed by atoms with Crippen LogP contribution in [-0.2, 0) is 4.79 Å². The van der Waals surface area contributed by atoms with Crippen LogP contribution in [-0.4, -0.2) is 26.1 Å². The quantitative estimate of drug-likeness (QED) is 0.709. The predicted octanol–water partition coefficient (Wildman–Crippen LogP) is 3.72. The summed E-state index contributed by atoms with van der Waals surface area (Å²) in [5.74, 6) is -0.476. The summed E-state index contributed by atoms with van der Waals surface area (Å²) in [6, 6.07) is 9.69. The molecule has 1 N–H and O–H groups in total. The summed E-state index contributed by atoms with van der Waals surface area (Å²) in [7, 11) is 0. The first-order valence-electron chi connectivity index (χ1n) is 7.74. The van der Waals surface area contributed by atoms with Gasteiger partial charge in [0.05, 0.1) is 11.4 Å². The lowest BCUT2D eigenvalue weighted by Gasteiger charge is -2.07. The number of halogens is 2. The Bertz CT molecular complexity index is 999. The zero-order valence-electron chi connectivity index (χ0n) is 14.1. The molecule has 0 fully saturated rings. The average molecular weight is 372 g/mol. The molecule has 0 aliphatic carbocycles. The molecule has 0 atom stereocenters. The van der Waals surface area contributed by atoms with Gasteiger partial charge in [-0.2, -0.15) is 4.68 Å². The zero-order valence-corrected chi connectivity index (χ0v) is 14.8. The number of nitrogens with one attached hydrogen (secondary N) is 1. The maximum atomic E-state index is 14.0. The molecule has 0 saturated carbocycles. The van der Waals surface area contributed by atoms with E-state index in [0.29, 0.717) is 16.5 Å². The van der Waals surface area contributed by atoms with Gasteiger partial charge in [0.15, 0.2) is 5.82 Å². The Hall–Kier alpha value is -3.06. The van der Waals surface area contributed by atoms with Crippen molar-refractivity contribution in [1.82, 2.24) is 20.2 Å². The summed E-state index contributed by atoms with van der Waals surface area (Å²) >= 11 is 6.06. The largest absolute Gasteiger partial charge is 0.320 e. The topological polar surface area (TPSA) is 72.7 Å². The summed E-state index contributed by atoms with van der Waals surface area (Å²) in [6.07, 6.45) is 2.92. The Balaban J connectivity index is 1.77. The van der Waals surface area contributed by atoms with E-state index in [1.807, 2.05) is 19.1 Å². The standard InChI is InChI=1S/C18H15ClFN5O/c1-11-3-4-13(9-15(11)19)5-8-18(26)21-17-10-14(6-7-16(17)20)25-12(2)22-23-24-25/h3-10H,1-2H3,(H,21,26)/b8-5+. The third-order valence-electron chi connectivity index (χ3n) is 3.70. The number of anilines is 1. The van der Waals surface area contributed by atoms with E-state index >= 15 is 0 Å². The first-order chi connectivity index (χ1) is 12.4. The Labute approximate surface area is 154 Å². The molecule has 1 heterocycles. The Morgan fingerprint density at radius 3 is 2.73 bits per heavy atom. The molecule has 0 bridgehead atoms. The molecule has 8 heteroatoms. The minimum Gasteiger partial charge on any atom is -0.320 e. The summed E-state index contributed by atoms with van der Waals surface area (Å²) in [6.45, 7) is 3.61. The minimum absolute atomic E-state index is 0.0361. The van der Waals surface area contributed by atoms with Crippen LogP contribution in [0.25, 0.3) is 11.8 Å². The lowest BCUT2D eigenvalue weighted by molar-refractivity contribution is -0.111. The van der Waals surface area contributed by atoms with Crippen molar-refractivity contribution >= 4 is 29.3 Å². The fourth-order valence-electron chi connectivity index (χ4n) is 2.27. The first-order valence-corrected chi connectivity index (χ1v) is 8.12. The van der Waals surface area contributed by atoms with Gasteiger partial charge in [-0.1, -0.05) is 23.7 Å². The van der Waals surface area contributed by atoms with Crippen LogP contribution < -0.4 is 5.32 Å². The van der Waals surface area contributed by atoms with Crippen LogP contribution in [0.3, 0.4) is 0 Å². The lowest BCUT2D eigenvalue weighted by Crippen LogP contribution is -2.10. The molecular formula is C18H15ClFN5O. The zero-order chi connectivity index (χ0) is 18.7. The summed E-state index contributed by atoms with van der Waals surface area (Å²) < 4.78 is 15.5. The van der Waals surface area contributed by atoms with Crippen LogP contribution in [0.2, 0.25) is 5.02 Å². The van der Waals surface area contributed by atoms with Crippen molar-refractivity contribution in [2.75, 3.05) is 5.32 Å². The molecule has 1 aromatic heterocycles. The molecule has 6 nitrogen and oxygen atoms in total. The van der Waals surface area contributed by atoms with Gasteiger partial charge in [0.2, 0.25) is 5.91 Å². The second-order valence-corrected chi connectivity index (χ2v) is 6.04. The maximum absolute atomic E-state index is 14.0. The Morgan fingerprint density at radius 2 is 2.04 bits per heavy atom. The van der Waals surface area contributed by atoms with Gasteiger partial charge in [0.1, 0.15) is 5.82 Å². The van der Waals surface area contributed by atoms with Gasteiger partial charge in [-0.25, -0.2) is 4.39 Å². The minimum atomic E-state index is -0.556. The van der Waals surface area contributed by atoms with Crippen molar-refractivity contribution in [3.05, 3.63) is 70.3 Å². The predicted molar refractivity (Wildman–Crippen MR) is 97.7 cm³/mol. The molecule has 1 amide bonds. The number of hydrogen-bond donors (Lipinski definition) is 1. The highest BCUT2D eigenvalue weighted by Gasteiger charge is 2.10. The third kappa shape index (κ3) is 3.94. The maximum Gasteiger partial charge on any atom is 0.248 e. The SMILES string of the molecule is Cc1ccc(/C=C/C(=O)Nc2cc(-n3nnnc3C)ccc2F)cc1Cl. The molecule has 0 unspecified atom stereocenters. The molecule has 132 valence electrons. The van der Waals surface area contributed by atoms with Gasteiger partial charge >= 0.3 is 0 Å². The fraction of sp³-hybridized carbons (Fsp3) is 0.111. The van der Waals surface area contributed by atoms with E-state index in [0.717, 1.165) is 11.1 Å².